The molecular weight excluding hydrogens is 140 g/mol. The molecule has 0 aliphatic heterocycles. The first-order valence-electron chi connectivity index (χ1n) is 4.43. The molecule has 0 aromatic rings. The average molecular weight is 160 g/mol. The first-order valence-corrected chi connectivity index (χ1v) is 4.43. The molecule has 0 rings (SSSR count). The first kappa shape index (κ1) is 10.9. The van der Waals surface area contributed by atoms with E-state index >= 15 is 0 Å². The van der Waals surface area contributed by atoms with Crippen LogP contribution in [0.25, 0.3) is 0 Å². The van der Waals surface area contributed by atoms with E-state index in [0.717, 1.165) is 26.1 Å². The summed E-state index contributed by atoms with van der Waals surface area (Å²) in [4.78, 5) is 0. The molecule has 68 valence electrons. The Morgan fingerprint density at radius 3 is 2.36 bits per heavy atom. The SMILES string of the molecule is NCCCCCCNCCO. The maximum absolute atomic E-state index is 8.43. The van der Waals surface area contributed by atoms with Crippen molar-refractivity contribution in [1.29, 1.82) is 0 Å². The number of hydrogen-bond acceptors (Lipinski definition) is 3. The highest BCUT2D eigenvalue weighted by Gasteiger charge is 1.87. The molecule has 0 heterocycles. The van der Waals surface area contributed by atoms with Gasteiger partial charge in [-0.05, 0) is 25.9 Å². The van der Waals surface area contributed by atoms with Crippen molar-refractivity contribution in [2.75, 3.05) is 26.2 Å². The van der Waals surface area contributed by atoms with Crippen LogP contribution in [0, 0.1) is 0 Å². The second kappa shape index (κ2) is 9.88. The van der Waals surface area contributed by atoms with Gasteiger partial charge in [-0.1, -0.05) is 12.8 Å². The van der Waals surface area contributed by atoms with E-state index in [4.69, 9.17) is 10.8 Å². The summed E-state index contributed by atoms with van der Waals surface area (Å²) in [5, 5.41) is 11.6. The molecule has 0 saturated carbocycles. The van der Waals surface area contributed by atoms with Gasteiger partial charge in [0, 0.05) is 6.54 Å². The fourth-order valence-electron chi connectivity index (χ4n) is 0.952. The Hall–Kier alpha value is -0.120. The molecule has 0 bridgehead atoms. The number of nitrogens with one attached hydrogen (secondary N) is 1. The largest absolute Gasteiger partial charge is 0.395 e. The maximum atomic E-state index is 8.43. The summed E-state index contributed by atoms with van der Waals surface area (Å²) in [6.07, 6.45) is 4.81. The molecule has 0 amide bonds. The van der Waals surface area contributed by atoms with Crippen molar-refractivity contribution in [3.63, 3.8) is 0 Å². The van der Waals surface area contributed by atoms with E-state index in [2.05, 4.69) is 5.32 Å². The van der Waals surface area contributed by atoms with Crippen LogP contribution in [-0.4, -0.2) is 31.3 Å². The van der Waals surface area contributed by atoms with Crippen LogP contribution in [0.2, 0.25) is 0 Å². The summed E-state index contributed by atoms with van der Waals surface area (Å²) < 4.78 is 0. The Labute approximate surface area is 69.0 Å². The van der Waals surface area contributed by atoms with E-state index in [0.29, 0.717) is 0 Å². The monoisotopic (exact) mass is 160 g/mol. The van der Waals surface area contributed by atoms with Crippen molar-refractivity contribution in [2.45, 2.75) is 25.7 Å². The van der Waals surface area contributed by atoms with Gasteiger partial charge in [-0.2, -0.15) is 0 Å². The lowest BCUT2D eigenvalue weighted by molar-refractivity contribution is 0.292. The molecule has 0 radical (unpaired) electrons. The second-order valence-corrected chi connectivity index (χ2v) is 2.68. The number of hydrogen-bond donors (Lipinski definition) is 3. The van der Waals surface area contributed by atoms with Gasteiger partial charge >= 0.3 is 0 Å². The Balaban J connectivity index is 2.69. The third-order valence-electron chi connectivity index (χ3n) is 1.60. The summed E-state index contributed by atoms with van der Waals surface area (Å²) in [6, 6.07) is 0. The van der Waals surface area contributed by atoms with Gasteiger partial charge < -0.3 is 16.2 Å². The van der Waals surface area contributed by atoms with Gasteiger partial charge in [0.25, 0.3) is 0 Å². The molecule has 0 aromatic carbocycles. The van der Waals surface area contributed by atoms with Crippen LogP contribution in [-0.2, 0) is 0 Å². The number of rotatable bonds is 8. The predicted molar refractivity (Wildman–Crippen MR) is 47.5 cm³/mol. The highest BCUT2D eigenvalue weighted by Crippen LogP contribution is 1.96. The van der Waals surface area contributed by atoms with Gasteiger partial charge in [-0.3, -0.25) is 0 Å². The normalized spacial score (nSPS) is 10.4. The molecule has 3 heteroatoms. The molecule has 0 spiro atoms. The van der Waals surface area contributed by atoms with Crippen molar-refractivity contribution in [3.8, 4) is 0 Å². The van der Waals surface area contributed by atoms with Gasteiger partial charge in [0.1, 0.15) is 0 Å². The van der Waals surface area contributed by atoms with Crippen molar-refractivity contribution in [3.05, 3.63) is 0 Å². The van der Waals surface area contributed by atoms with Gasteiger partial charge in [0.15, 0.2) is 0 Å². The van der Waals surface area contributed by atoms with Crippen molar-refractivity contribution in [2.24, 2.45) is 5.73 Å². The van der Waals surface area contributed by atoms with Gasteiger partial charge in [0.05, 0.1) is 6.61 Å². The quantitative estimate of drug-likeness (QED) is 0.441. The average Bonchev–Trinajstić information content (AvgIpc) is 2.03. The minimum Gasteiger partial charge on any atom is -0.395 e. The molecule has 0 fully saturated rings. The predicted octanol–water partition coefficient (Wildman–Crippen LogP) is 0.0874. The Bertz CT molecular complexity index is 61.1. The smallest absolute Gasteiger partial charge is 0.0555 e. The lowest BCUT2D eigenvalue weighted by Gasteiger charge is -2.01. The number of aliphatic hydroxyl groups excluding tert-OH is 1. The number of nitrogens with two attached hydrogens (primary N) is 1. The highest BCUT2D eigenvalue weighted by molar-refractivity contribution is 4.48. The molecule has 0 aliphatic rings. The zero-order chi connectivity index (χ0) is 8.36. The summed E-state index contributed by atoms with van der Waals surface area (Å²) in [5.41, 5.74) is 5.34. The van der Waals surface area contributed by atoms with Crippen LogP contribution in [0.3, 0.4) is 0 Å². The Morgan fingerprint density at radius 1 is 1.00 bits per heavy atom. The topological polar surface area (TPSA) is 58.3 Å². The fraction of sp³-hybridized carbons (Fsp3) is 1.00. The molecule has 0 atom stereocenters. The summed E-state index contributed by atoms with van der Waals surface area (Å²) in [7, 11) is 0. The molecule has 0 aliphatic carbocycles. The van der Waals surface area contributed by atoms with Crippen LogP contribution in [0.15, 0.2) is 0 Å². The van der Waals surface area contributed by atoms with Crippen molar-refractivity contribution in [1.82, 2.24) is 5.32 Å². The number of unbranched alkanes of at least 4 members (excludes halogenated alkanes) is 3. The van der Waals surface area contributed by atoms with E-state index in [9.17, 15) is 0 Å². The molecule has 3 nitrogen and oxygen atoms in total. The van der Waals surface area contributed by atoms with E-state index in [1.807, 2.05) is 0 Å². The fourth-order valence-corrected chi connectivity index (χ4v) is 0.952. The standard InChI is InChI=1S/C8H20N2O/c9-5-3-1-2-4-6-10-7-8-11/h10-11H,1-9H2. The van der Waals surface area contributed by atoms with Crippen LogP contribution in [0.5, 0.6) is 0 Å². The third-order valence-corrected chi connectivity index (χ3v) is 1.60. The van der Waals surface area contributed by atoms with Crippen LogP contribution in [0.4, 0.5) is 0 Å². The highest BCUT2D eigenvalue weighted by atomic mass is 16.3. The zero-order valence-corrected chi connectivity index (χ0v) is 7.18. The van der Waals surface area contributed by atoms with Gasteiger partial charge in [-0.15, -0.1) is 0 Å². The van der Waals surface area contributed by atoms with Gasteiger partial charge in [-0.25, -0.2) is 0 Å². The minimum absolute atomic E-state index is 0.239. The van der Waals surface area contributed by atoms with E-state index in [1.54, 1.807) is 0 Å². The van der Waals surface area contributed by atoms with Gasteiger partial charge in [0.2, 0.25) is 0 Å². The summed E-state index contributed by atoms with van der Waals surface area (Å²) in [6.45, 7) is 2.79. The molecular formula is C8H20N2O. The molecule has 0 saturated heterocycles. The van der Waals surface area contributed by atoms with Crippen LogP contribution < -0.4 is 11.1 Å². The first-order chi connectivity index (χ1) is 5.41. The Morgan fingerprint density at radius 2 is 1.73 bits per heavy atom. The van der Waals surface area contributed by atoms with E-state index in [1.165, 1.54) is 19.3 Å². The summed E-state index contributed by atoms with van der Waals surface area (Å²) in [5.74, 6) is 0. The molecule has 0 aromatic heterocycles. The number of aliphatic hydroxyl groups is 1. The third kappa shape index (κ3) is 9.88. The lowest BCUT2D eigenvalue weighted by atomic mass is 10.2. The maximum Gasteiger partial charge on any atom is 0.0555 e. The van der Waals surface area contributed by atoms with Crippen molar-refractivity contribution < 1.29 is 5.11 Å². The molecule has 4 N–H and O–H groups in total. The zero-order valence-electron chi connectivity index (χ0n) is 7.18. The Kier molecular flexibility index (Phi) is 9.77. The van der Waals surface area contributed by atoms with E-state index < -0.39 is 0 Å². The molecule has 11 heavy (non-hydrogen) atoms. The molecule has 0 unspecified atom stereocenters. The van der Waals surface area contributed by atoms with Crippen LogP contribution >= 0.6 is 0 Å². The summed E-state index contributed by atoms with van der Waals surface area (Å²) >= 11 is 0. The second-order valence-electron chi connectivity index (χ2n) is 2.68. The lowest BCUT2D eigenvalue weighted by Crippen LogP contribution is -2.19. The minimum atomic E-state index is 0.239. The van der Waals surface area contributed by atoms with Crippen molar-refractivity contribution >= 4 is 0 Å². The van der Waals surface area contributed by atoms with E-state index in [-0.39, 0.29) is 6.61 Å². The van der Waals surface area contributed by atoms with Crippen LogP contribution in [0.1, 0.15) is 25.7 Å².